The molecule has 0 aliphatic heterocycles. The fraction of sp³-hybridized carbons (Fsp3) is 0.722. The molecule has 0 bridgehead atoms. The van der Waals surface area contributed by atoms with Crippen molar-refractivity contribution in [2.45, 2.75) is 32.6 Å². The lowest BCUT2D eigenvalue weighted by atomic mass is 10.3. The van der Waals surface area contributed by atoms with Gasteiger partial charge in [0.25, 0.3) is 0 Å². The fourth-order valence-corrected chi connectivity index (χ4v) is 2.07. The summed E-state index contributed by atoms with van der Waals surface area (Å²) in [6, 6.07) is 0. The number of hydrogen-bond donors (Lipinski definition) is 3. The Balaban J connectivity index is 3.84. The Labute approximate surface area is 156 Å². The third kappa shape index (κ3) is 14.3. The standard InChI is InChI=1S/C18H32N4O4/c1-4-9-20-16(23)7-14-22(13-5-2)15-8-17(24)21-12-11-19-10-6-18(25)26-3/h2,19H,4,6-15H2,1,3H3,(H,20,23)(H,21,24). The molecule has 0 atom stereocenters. The number of terminal acetylenes is 1. The molecule has 0 radical (unpaired) electrons. The van der Waals surface area contributed by atoms with Crippen LogP contribution in [0.2, 0.25) is 0 Å². The Morgan fingerprint density at radius 2 is 1.58 bits per heavy atom. The highest BCUT2D eigenvalue weighted by Crippen LogP contribution is 1.95. The minimum atomic E-state index is -0.265. The number of carbonyl (C=O) groups is 3. The molecule has 26 heavy (non-hydrogen) atoms. The molecule has 148 valence electrons. The van der Waals surface area contributed by atoms with Crippen LogP contribution in [-0.4, -0.2) is 75.6 Å². The molecule has 0 aromatic carbocycles. The van der Waals surface area contributed by atoms with Gasteiger partial charge in [-0.25, -0.2) is 0 Å². The fourth-order valence-electron chi connectivity index (χ4n) is 2.07. The molecule has 0 aromatic rings. The van der Waals surface area contributed by atoms with E-state index in [4.69, 9.17) is 6.42 Å². The second-order valence-corrected chi connectivity index (χ2v) is 5.76. The van der Waals surface area contributed by atoms with Crippen LogP contribution in [0.15, 0.2) is 0 Å². The van der Waals surface area contributed by atoms with Crippen molar-refractivity contribution in [2.75, 3.05) is 52.9 Å². The molecule has 0 aliphatic carbocycles. The minimum absolute atomic E-state index is 0.00338. The molecule has 2 amide bonds. The van der Waals surface area contributed by atoms with Crippen molar-refractivity contribution in [1.29, 1.82) is 0 Å². The van der Waals surface area contributed by atoms with Crippen LogP contribution in [-0.2, 0) is 19.1 Å². The molecule has 3 N–H and O–H groups in total. The molecular formula is C18H32N4O4. The summed E-state index contributed by atoms with van der Waals surface area (Å²) in [6.07, 6.45) is 7.24. The number of nitrogens with one attached hydrogen (secondary N) is 3. The van der Waals surface area contributed by atoms with Crippen LogP contribution in [0.4, 0.5) is 0 Å². The zero-order valence-electron chi connectivity index (χ0n) is 15.9. The summed E-state index contributed by atoms with van der Waals surface area (Å²) in [5.41, 5.74) is 0. The number of esters is 1. The smallest absolute Gasteiger partial charge is 0.306 e. The van der Waals surface area contributed by atoms with Crippen LogP contribution in [0.5, 0.6) is 0 Å². The van der Waals surface area contributed by atoms with Crippen molar-refractivity contribution < 1.29 is 19.1 Å². The molecule has 0 heterocycles. The van der Waals surface area contributed by atoms with Gasteiger partial charge in [0.15, 0.2) is 0 Å². The van der Waals surface area contributed by atoms with Gasteiger partial charge in [0, 0.05) is 52.1 Å². The molecule has 0 spiro atoms. The van der Waals surface area contributed by atoms with Gasteiger partial charge in [-0.1, -0.05) is 12.8 Å². The molecule has 0 fully saturated rings. The van der Waals surface area contributed by atoms with Crippen LogP contribution in [0.25, 0.3) is 0 Å². The summed E-state index contributed by atoms with van der Waals surface area (Å²) in [5.74, 6) is 2.21. The van der Waals surface area contributed by atoms with Crippen molar-refractivity contribution in [2.24, 2.45) is 0 Å². The highest BCUT2D eigenvalue weighted by atomic mass is 16.5. The van der Waals surface area contributed by atoms with Gasteiger partial charge < -0.3 is 20.7 Å². The van der Waals surface area contributed by atoms with Gasteiger partial charge in [0.1, 0.15) is 0 Å². The van der Waals surface area contributed by atoms with E-state index in [2.05, 4.69) is 26.6 Å². The van der Waals surface area contributed by atoms with Crippen molar-refractivity contribution in [3.8, 4) is 12.3 Å². The number of rotatable bonds is 15. The van der Waals surface area contributed by atoms with E-state index in [1.54, 1.807) is 0 Å². The van der Waals surface area contributed by atoms with E-state index in [9.17, 15) is 14.4 Å². The largest absolute Gasteiger partial charge is 0.469 e. The first kappa shape index (κ1) is 23.9. The van der Waals surface area contributed by atoms with Crippen molar-refractivity contribution >= 4 is 17.8 Å². The molecule has 0 rings (SSSR count). The second kappa shape index (κ2) is 16.4. The molecular weight excluding hydrogens is 336 g/mol. The average Bonchev–Trinajstić information content (AvgIpc) is 2.64. The zero-order chi connectivity index (χ0) is 19.6. The van der Waals surface area contributed by atoms with E-state index < -0.39 is 0 Å². The molecule has 0 unspecified atom stereocenters. The van der Waals surface area contributed by atoms with E-state index in [1.807, 2.05) is 11.8 Å². The number of methoxy groups -OCH3 is 1. The van der Waals surface area contributed by atoms with Crippen LogP contribution >= 0.6 is 0 Å². The highest BCUT2D eigenvalue weighted by molar-refractivity contribution is 5.76. The maximum atomic E-state index is 11.8. The summed E-state index contributed by atoms with van der Waals surface area (Å²) in [7, 11) is 1.35. The average molecular weight is 368 g/mol. The Morgan fingerprint density at radius 1 is 0.962 bits per heavy atom. The highest BCUT2D eigenvalue weighted by Gasteiger charge is 2.09. The first-order valence-electron chi connectivity index (χ1n) is 9.00. The van der Waals surface area contributed by atoms with Gasteiger partial charge >= 0.3 is 5.97 Å². The summed E-state index contributed by atoms with van der Waals surface area (Å²) < 4.78 is 4.53. The summed E-state index contributed by atoms with van der Waals surface area (Å²) >= 11 is 0. The summed E-state index contributed by atoms with van der Waals surface area (Å²) in [4.78, 5) is 36.3. The van der Waals surface area contributed by atoms with E-state index >= 15 is 0 Å². The van der Waals surface area contributed by atoms with Gasteiger partial charge in [-0.15, -0.1) is 6.42 Å². The van der Waals surface area contributed by atoms with Gasteiger partial charge in [-0.05, 0) is 6.42 Å². The quantitative estimate of drug-likeness (QED) is 0.205. The third-order valence-electron chi connectivity index (χ3n) is 3.55. The molecule has 0 aromatic heterocycles. The van der Waals surface area contributed by atoms with Crippen molar-refractivity contribution in [1.82, 2.24) is 20.9 Å². The number of nitrogens with zero attached hydrogens (tertiary/aromatic N) is 1. The van der Waals surface area contributed by atoms with E-state index in [1.165, 1.54) is 7.11 Å². The lowest BCUT2D eigenvalue weighted by Gasteiger charge is -2.19. The lowest BCUT2D eigenvalue weighted by Crippen LogP contribution is -2.36. The van der Waals surface area contributed by atoms with E-state index in [0.29, 0.717) is 65.1 Å². The maximum Gasteiger partial charge on any atom is 0.306 e. The molecule has 0 saturated carbocycles. The molecule has 8 heteroatoms. The predicted molar refractivity (Wildman–Crippen MR) is 100 cm³/mol. The third-order valence-corrected chi connectivity index (χ3v) is 3.55. The number of ether oxygens (including phenoxy) is 1. The summed E-state index contributed by atoms with van der Waals surface area (Å²) in [5, 5.41) is 8.66. The molecule has 0 aliphatic rings. The van der Waals surface area contributed by atoms with Crippen LogP contribution in [0.3, 0.4) is 0 Å². The molecule has 0 saturated heterocycles. The van der Waals surface area contributed by atoms with Gasteiger partial charge in [-0.3, -0.25) is 19.3 Å². The number of hydrogen-bond acceptors (Lipinski definition) is 6. The van der Waals surface area contributed by atoms with Gasteiger partial charge in [0.2, 0.25) is 11.8 Å². The monoisotopic (exact) mass is 368 g/mol. The SMILES string of the molecule is C#CCN(CCC(=O)NCCC)CCC(=O)NCCNCCC(=O)OC. The Morgan fingerprint density at radius 3 is 2.12 bits per heavy atom. The Bertz CT molecular complexity index is 463. The minimum Gasteiger partial charge on any atom is -0.469 e. The van der Waals surface area contributed by atoms with Crippen molar-refractivity contribution in [3.05, 3.63) is 0 Å². The van der Waals surface area contributed by atoms with E-state index in [0.717, 1.165) is 6.42 Å². The van der Waals surface area contributed by atoms with E-state index in [-0.39, 0.29) is 17.8 Å². The number of amides is 2. The number of carbonyl (C=O) groups excluding carboxylic acids is 3. The van der Waals surface area contributed by atoms with Crippen LogP contribution in [0, 0.1) is 12.3 Å². The predicted octanol–water partition coefficient (Wildman–Crippen LogP) is -0.503. The van der Waals surface area contributed by atoms with Gasteiger partial charge in [-0.2, -0.15) is 0 Å². The second-order valence-electron chi connectivity index (χ2n) is 5.76. The zero-order valence-corrected chi connectivity index (χ0v) is 15.9. The first-order valence-corrected chi connectivity index (χ1v) is 9.00. The van der Waals surface area contributed by atoms with Crippen LogP contribution in [0.1, 0.15) is 32.6 Å². The summed E-state index contributed by atoms with van der Waals surface area (Å²) in [6.45, 7) is 5.68. The lowest BCUT2D eigenvalue weighted by molar-refractivity contribution is -0.140. The normalized spacial score (nSPS) is 10.2. The Kier molecular flexibility index (Phi) is 15.0. The first-order chi connectivity index (χ1) is 12.5. The van der Waals surface area contributed by atoms with Crippen molar-refractivity contribution in [3.63, 3.8) is 0 Å². The molecule has 8 nitrogen and oxygen atoms in total. The van der Waals surface area contributed by atoms with Gasteiger partial charge in [0.05, 0.1) is 20.1 Å². The maximum absolute atomic E-state index is 11.8. The topological polar surface area (TPSA) is 99.8 Å². The van der Waals surface area contributed by atoms with Crippen LogP contribution < -0.4 is 16.0 Å². The Hall–Kier alpha value is -2.11.